The smallest absolute Gasteiger partial charge is 0.232 e. The first-order valence-electron chi connectivity index (χ1n) is 11.0. The maximum Gasteiger partial charge on any atom is 0.232 e. The predicted octanol–water partition coefficient (Wildman–Crippen LogP) is 2.81. The van der Waals surface area contributed by atoms with Crippen LogP contribution in [-0.4, -0.2) is 64.3 Å². The van der Waals surface area contributed by atoms with Gasteiger partial charge in [-0.1, -0.05) is 60.7 Å². The van der Waals surface area contributed by atoms with Crippen molar-refractivity contribution in [3.63, 3.8) is 0 Å². The lowest BCUT2D eigenvalue weighted by atomic mass is 10.1. The van der Waals surface area contributed by atoms with Gasteiger partial charge in [-0.2, -0.15) is 5.10 Å². The fraction of sp³-hybridized carbons (Fsp3) is 0.320. The minimum atomic E-state index is -0.0930. The second-order valence-corrected chi connectivity index (χ2v) is 8.80. The van der Waals surface area contributed by atoms with Crippen LogP contribution in [0.25, 0.3) is 11.3 Å². The van der Waals surface area contributed by atoms with E-state index in [1.807, 2.05) is 59.4 Å². The molecule has 8 heteroatoms. The fourth-order valence-electron chi connectivity index (χ4n) is 3.66. The Labute approximate surface area is 198 Å². The molecule has 2 heterocycles. The summed E-state index contributed by atoms with van der Waals surface area (Å²) in [5, 5.41) is 7.77. The SMILES string of the molecule is O=C(CSCC(=O)N1CCOCC1)NCc1cn(Cc2ccccc2)nc1-c1ccccc1. The number of amides is 2. The molecule has 1 N–H and O–H groups in total. The number of aromatic nitrogens is 2. The van der Waals surface area contributed by atoms with Crippen LogP contribution in [-0.2, 0) is 27.4 Å². The highest BCUT2D eigenvalue weighted by atomic mass is 32.2. The molecular formula is C25H28N4O3S. The van der Waals surface area contributed by atoms with Crippen molar-refractivity contribution in [3.8, 4) is 11.3 Å². The van der Waals surface area contributed by atoms with Crippen molar-refractivity contribution in [1.29, 1.82) is 0 Å². The van der Waals surface area contributed by atoms with Crippen molar-refractivity contribution in [1.82, 2.24) is 20.0 Å². The molecule has 2 aromatic carbocycles. The molecule has 0 saturated carbocycles. The first-order chi connectivity index (χ1) is 16.2. The molecule has 4 rings (SSSR count). The second kappa shape index (κ2) is 11.7. The van der Waals surface area contributed by atoms with E-state index in [9.17, 15) is 9.59 Å². The van der Waals surface area contributed by atoms with Crippen molar-refractivity contribution in [3.05, 3.63) is 78.0 Å². The van der Waals surface area contributed by atoms with Gasteiger partial charge in [0.05, 0.1) is 37.0 Å². The summed E-state index contributed by atoms with van der Waals surface area (Å²) in [4.78, 5) is 26.4. The summed E-state index contributed by atoms with van der Waals surface area (Å²) in [5.74, 6) is 0.515. The molecule has 1 fully saturated rings. The number of carbonyl (C=O) groups is 2. The number of nitrogens with one attached hydrogen (secondary N) is 1. The van der Waals surface area contributed by atoms with Crippen LogP contribution < -0.4 is 5.32 Å². The number of hydrogen-bond donors (Lipinski definition) is 1. The average molecular weight is 465 g/mol. The van der Waals surface area contributed by atoms with E-state index in [0.29, 0.717) is 45.1 Å². The van der Waals surface area contributed by atoms with E-state index in [1.165, 1.54) is 11.8 Å². The minimum absolute atomic E-state index is 0.0599. The summed E-state index contributed by atoms with van der Waals surface area (Å²) in [7, 11) is 0. The molecule has 3 aromatic rings. The molecule has 1 aliphatic rings. The van der Waals surface area contributed by atoms with Gasteiger partial charge >= 0.3 is 0 Å². The Morgan fingerprint density at radius 1 is 0.970 bits per heavy atom. The normalized spacial score (nSPS) is 13.6. The predicted molar refractivity (Wildman–Crippen MR) is 130 cm³/mol. The maximum absolute atomic E-state index is 12.4. The summed E-state index contributed by atoms with van der Waals surface area (Å²) < 4.78 is 7.18. The number of morpholine rings is 1. The quantitative estimate of drug-likeness (QED) is 0.527. The van der Waals surface area contributed by atoms with Gasteiger partial charge in [0.2, 0.25) is 11.8 Å². The molecule has 0 spiro atoms. The van der Waals surface area contributed by atoms with E-state index in [0.717, 1.165) is 22.4 Å². The zero-order valence-electron chi connectivity index (χ0n) is 18.5. The Kier molecular flexibility index (Phi) is 8.16. The fourth-order valence-corrected chi connectivity index (χ4v) is 4.41. The third-order valence-corrected chi connectivity index (χ3v) is 6.29. The number of nitrogens with zero attached hydrogens (tertiary/aromatic N) is 3. The van der Waals surface area contributed by atoms with Gasteiger partial charge in [-0.15, -0.1) is 11.8 Å². The van der Waals surface area contributed by atoms with Gasteiger partial charge in [-0.05, 0) is 5.56 Å². The monoisotopic (exact) mass is 464 g/mol. The highest BCUT2D eigenvalue weighted by molar-refractivity contribution is 8.00. The molecule has 1 aromatic heterocycles. The van der Waals surface area contributed by atoms with Crippen LogP contribution in [0, 0.1) is 0 Å². The Bertz CT molecular complexity index is 1050. The highest BCUT2D eigenvalue weighted by Crippen LogP contribution is 2.22. The van der Waals surface area contributed by atoms with E-state index in [2.05, 4.69) is 17.4 Å². The number of benzene rings is 2. The summed E-state index contributed by atoms with van der Waals surface area (Å²) in [6, 6.07) is 20.1. The standard InChI is InChI=1S/C25H28N4O3S/c30-23(18-33-19-24(31)28-11-13-32-14-12-28)26-15-22-17-29(16-20-7-3-1-4-8-20)27-25(22)21-9-5-2-6-10-21/h1-10,17H,11-16,18-19H2,(H,26,30). The zero-order chi connectivity index (χ0) is 22.9. The first kappa shape index (κ1) is 23.1. The van der Waals surface area contributed by atoms with Gasteiger partial charge in [0, 0.05) is 37.0 Å². The average Bonchev–Trinajstić information content (AvgIpc) is 3.27. The molecule has 0 radical (unpaired) electrons. The second-order valence-electron chi connectivity index (χ2n) is 7.81. The maximum atomic E-state index is 12.4. The molecular weight excluding hydrogens is 436 g/mol. The van der Waals surface area contributed by atoms with Crippen LogP contribution >= 0.6 is 11.8 Å². The molecule has 1 aliphatic heterocycles. The minimum Gasteiger partial charge on any atom is -0.378 e. The largest absolute Gasteiger partial charge is 0.378 e. The number of thioether (sulfide) groups is 1. The van der Waals surface area contributed by atoms with E-state index in [1.54, 1.807) is 4.90 Å². The van der Waals surface area contributed by atoms with Gasteiger partial charge in [0.25, 0.3) is 0 Å². The number of hydrogen-bond acceptors (Lipinski definition) is 5. The van der Waals surface area contributed by atoms with Crippen molar-refractivity contribution >= 4 is 23.6 Å². The van der Waals surface area contributed by atoms with Crippen molar-refractivity contribution < 1.29 is 14.3 Å². The number of rotatable bonds is 9. The Balaban J connectivity index is 1.34. The van der Waals surface area contributed by atoms with Crippen LogP contribution in [0.5, 0.6) is 0 Å². The van der Waals surface area contributed by atoms with Crippen molar-refractivity contribution in [2.24, 2.45) is 0 Å². The molecule has 0 aliphatic carbocycles. The molecule has 0 bridgehead atoms. The van der Waals surface area contributed by atoms with E-state index < -0.39 is 0 Å². The van der Waals surface area contributed by atoms with Gasteiger partial charge in [0.15, 0.2) is 0 Å². The van der Waals surface area contributed by atoms with Crippen LogP contribution in [0.15, 0.2) is 66.9 Å². The van der Waals surface area contributed by atoms with Gasteiger partial charge < -0.3 is 15.0 Å². The summed E-state index contributed by atoms with van der Waals surface area (Å²) >= 11 is 1.34. The van der Waals surface area contributed by atoms with E-state index in [-0.39, 0.29) is 17.6 Å². The van der Waals surface area contributed by atoms with E-state index in [4.69, 9.17) is 9.84 Å². The zero-order valence-corrected chi connectivity index (χ0v) is 19.3. The van der Waals surface area contributed by atoms with Crippen LogP contribution in [0.1, 0.15) is 11.1 Å². The summed E-state index contributed by atoms with van der Waals surface area (Å²) in [6.07, 6.45) is 1.99. The summed E-state index contributed by atoms with van der Waals surface area (Å²) in [5.41, 5.74) is 4.00. The Hall–Kier alpha value is -3.10. The van der Waals surface area contributed by atoms with Gasteiger partial charge in [-0.25, -0.2) is 0 Å². The van der Waals surface area contributed by atoms with Gasteiger partial charge in [0.1, 0.15) is 0 Å². The molecule has 1 saturated heterocycles. The lowest BCUT2D eigenvalue weighted by molar-refractivity contribution is -0.132. The van der Waals surface area contributed by atoms with Crippen molar-refractivity contribution in [2.45, 2.75) is 13.1 Å². The number of ether oxygens (including phenoxy) is 1. The summed E-state index contributed by atoms with van der Waals surface area (Å²) in [6.45, 7) is 3.46. The molecule has 7 nitrogen and oxygen atoms in total. The molecule has 172 valence electrons. The van der Waals surface area contributed by atoms with Crippen LogP contribution in [0.4, 0.5) is 0 Å². The first-order valence-corrected chi connectivity index (χ1v) is 12.2. The van der Waals surface area contributed by atoms with Crippen LogP contribution in [0.2, 0.25) is 0 Å². The topological polar surface area (TPSA) is 76.5 Å². The van der Waals surface area contributed by atoms with Gasteiger partial charge in [-0.3, -0.25) is 14.3 Å². The highest BCUT2D eigenvalue weighted by Gasteiger charge is 2.17. The Morgan fingerprint density at radius 2 is 1.67 bits per heavy atom. The molecule has 0 unspecified atom stereocenters. The van der Waals surface area contributed by atoms with Crippen molar-refractivity contribution in [2.75, 3.05) is 37.8 Å². The molecule has 0 atom stereocenters. The third kappa shape index (κ3) is 6.69. The molecule has 2 amide bonds. The lowest BCUT2D eigenvalue weighted by Gasteiger charge is -2.26. The third-order valence-electron chi connectivity index (χ3n) is 5.37. The van der Waals surface area contributed by atoms with Crippen LogP contribution in [0.3, 0.4) is 0 Å². The number of carbonyl (C=O) groups excluding carboxylic acids is 2. The Morgan fingerprint density at radius 3 is 2.39 bits per heavy atom. The molecule has 33 heavy (non-hydrogen) atoms. The lowest BCUT2D eigenvalue weighted by Crippen LogP contribution is -2.41. The van der Waals surface area contributed by atoms with E-state index >= 15 is 0 Å².